The van der Waals surface area contributed by atoms with E-state index in [1.807, 2.05) is 18.3 Å². The molecule has 2 aliphatic rings. The lowest BCUT2D eigenvalue weighted by molar-refractivity contribution is 0.0859. The van der Waals surface area contributed by atoms with Crippen molar-refractivity contribution in [3.8, 4) is 0 Å². The van der Waals surface area contributed by atoms with Gasteiger partial charge in [0.05, 0.1) is 0 Å². The predicted molar refractivity (Wildman–Crippen MR) is 110 cm³/mol. The van der Waals surface area contributed by atoms with E-state index < -0.39 is 0 Å². The maximum Gasteiger partial charge on any atom is 0.189 e. The van der Waals surface area contributed by atoms with E-state index in [-0.39, 0.29) is 11.6 Å². The van der Waals surface area contributed by atoms with Crippen LogP contribution in [0.1, 0.15) is 28.8 Å². The Bertz CT molecular complexity index is 885. The first-order valence-corrected chi connectivity index (χ1v) is 9.89. The topological polar surface area (TPSA) is 49.6 Å². The number of hydrogen-bond acceptors (Lipinski definition) is 4. The number of rotatable bonds is 5. The summed E-state index contributed by atoms with van der Waals surface area (Å²) in [5.74, 6) is -0.317. The molecule has 2 aliphatic heterocycles. The summed E-state index contributed by atoms with van der Waals surface area (Å²) >= 11 is 5.90. The van der Waals surface area contributed by atoms with Gasteiger partial charge in [0.1, 0.15) is 5.82 Å². The molecule has 2 bridgehead atoms. The Hall–Kier alpha value is -2.37. The number of fused-ring (bicyclic) bond motifs is 2. The number of nitrogen functional groups attached to an aromatic ring is 1. The van der Waals surface area contributed by atoms with Crippen LogP contribution in [0.4, 0.5) is 10.1 Å². The standard InChI is InChI=1S/C22H23ClFN3O/c23-16-3-8-20(21(25)11-16)22(28)9-10-26-13-18-6-7-19(14-26)27(18)12-15-1-4-17(24)5-2-15/h1-5,8-11,18-19H,6-7,12-14,25H2/b10-9+. The van der Waals surface area contributed by atoms with E-state index in [1.54, 1.807) is 24.3 Å². The van der Waals surface area contributed by atoms with E-state index in [0.29, 0.717) is 28.4 Å². The zero-order valence-corrected chi connectivity index (χ0v) is 16.3. The van der Waals surface area contributed by atoms with Gasteiger partial charge in [0.2, 0.25) is 0 Å². The number of likely N-dealkylation sites (tertiary alicyclic amines) is 1. The Morgan fingerprint density at radius 2 is 1.82 bits per heavy atom. The number of carbonyl (C=O) groups is 1. The third kappa shape index (κ3) is 4.05. The van der Waals surface area contributed by atoms with Crippen LogP contribution in [0, 0.1) is 5.82 Å². The van der Waals surface area contributed by atoms with Crippen LogP contribution >= 0.6 is 11.6 Å². The molecule has 6 heteroatoms. The second-order valence-electron chi connectivity index (χ2n) is 7.55. The van der Waals surface area contributed by atoms with Crippen LogP contribution in [-0.2, 0) is 6.54 Å². The predicted octanol–water partition coefficient (Wildman–Crippen LogP) is 4.11. The van der Waals surface area contributed by atoms with E-state index in [4.69, 9.17) is 17.3 Å². The number of ketones is 1. The summed E-state index contributed by atoms with van der Waals surface area (Å²) in [6.07, 6.45) is 5.77. The molecule has 2 N–H and O–H groups in total. The number of carbonyl (C=O) groups excluding carboxylic acids is 1. The Labute approximate surface area is 169 Å². The summed E-state index contributed by atoms with van der Waals surface area (Å²) in [6, 6.07) is 12.6. The molecule has 2 unspecified atom stereocenters. The molecule has 146 valence electrons. The van der Waals surface area contributed by atoms with E-state index >= 15 is 0 Å². The minimum Gasteiger partial charge on any atom is -0.398 e. The van der Waals surface area contributed by atoms with Gasteiger partial charge in [-0.3, -0.25) is 9.69 Å². The maximum absolute atomic E-state index is 13.1. The Balaban J connectivity index is 1.39. The molecule has 2 fully saturated rings. The molecule has 0 aromatic heterocycles. The SMILES string of the molecule is Nc1cc(Cl)ccc1C(=O)/C=C/N1CC2CCC(C1)N2Cc1ccc(F)cc1. The highest BCUT2D eigenvalue weighted by atomic mass is 35.5. The van der Waals surface area contributed by atoms with Gasteiger partial charge in [-0.1, -0.05) is 23.7 Å². The van der Waals surface area contributed by atoms with E-state index in [0.717, 1.165) is 38.0 Å². The first-order chi connectivity index (χ1) is 13.5. The lowest BCUT2D eigenvalue weighted by atomic mass is 10.1. The molecular formula is C22H23ClFN3O. The summed E-state index contributed by atoms with van der Waals surface area (Å²) in [7, 11) is 0. The average Bonchev–Trinajstić information content (AvgIpc) is 2.89. The fourth-order valence-electron chi connectivity index (χ4n) is 4.22. The van der Waals surface area contributed by atoms with Gasteiger partial charge in [-0.2, -0.15) is 0 Å². The molecule has 2 atom stereocenters. The largest absolute Gasteiger partial charge is 0.398 e. The zero-order valence-electron chi connectivity index (χ0n) is 15.5. The molecule has 0 amide bonds. The second kappa shape index (κ2) is 7.94. The monoisotopic (exact) mass is 399 g/mol. The fraction of sp³-hybridized carbons (Fsp3) is 0.318. The minimum atomic E-state index is -0.201. The molecule has 0 aliphatic carbocycles. The molecule has 0 spiro atoms. The van der Waals surface area contributed by atoms with Crippen LogP contribution in [0.15, 0.2) is 54.7 Å². The lowest BCUT2D eigenvalue weighted by Gasteiger charge is -2.40. The smallest absolute Gasteiger partial charge is 0.189 e. The van der Waals surface area contributed by atoms with Crippen molar-refractivity contribution in [2.45, 2.75) is 31.5 Å². The lowest BCUT2D eigenvalue weighted by Crippen LogP contribution is -2.51. The van der Waals surface area contributed by atoms with Crippen molar-refractivity contribution in [1.29, 1.82) is 0 Å². The van der Waals surface area contributed by atoms with Crippen LogP contribution in [0.2, 0.25) is 5.02 Å². The molecule has 0 radical (unpaired) electrons. The van der Waals surface area contributed by atoms with Gasteiger partial charge >= 0.3 is 0 Å². The van der Waals surface area contributed by atoms with Crippen molar-refractivity contribution >= 4 is 23.1 Å². The summed E-state index contributed by atoms with van der Waals surface area (Å²) in [4.78, 5) is 17.2. The summed E-state index contributed by atoms with van der Waals surface area (Å²) < 4.78 is 13.1. The van der Waals surface area contributed by atoms with Crippen molar-refractivity contribution in [2.75, 3.05) is 18.8 Å². The van der Waals surface area contributed by atoms with Crippen LogP contribution in [-0.4, -0.2) is 40.8 Å². The summed E-state index contributed by atoms with van der Waals surface area (Å²) in [5.41, 5.74) is 7.90. The molecular weight excluding hydrogens is 377 g/mol. The van der Waals surface area contributed by atoms with Crippen molar-refractivity contribution in [3.63, 3.8) is 0 Å². The van der Waals surface area contributed by atoms with E-state index in [1.165, 1.54) is 12.1 Å². The van der Waals surface area contributed by atoms with Gasteiger partial charge in [-0.05, 0) is 48.7 Å². The average molecular weight is 400 g/mol. The van der Waals surface area contributed by atoms with Gasteiger partial charge in [-0.25, -0.2) is 4.39 Å². The fourth-order valence-corrected chi connectivity index (χ4v) is 4.40. The maximum atomic E-state index is 13.1. The molecule has 2 aromatic rings. The first-order valence-electron chi connectivity index (χ1n) is 9.51. The third-order valence-electron chi connectivity index (χ3n) is 5.66. The summed E-state index contributed by atoms with van der Waals surface area (Å²) in [5, 5.41) is 0.520. The van der Waals surface area contributed by atoms with Gasteiger partial charge in [0.15, 0.2) is 5.78 Å². The molecule has 28 heavy (non-hydrogen) atoms. The third-order valence-corrected chi connectivity index (χ3v) is 5.89. The van der Waals surface area contributed by atoms with Crippen LogP contribution in [0.3, 0.4) is 0 Å². The highest BCUT2D eigenvalue weighted by Crippen LogP contribution is 2.32. The van der Waals surface area contributed by atoms with E-state index in [9.17, 15) is 9.18 Å². The molecule has 2 saturated heterocycles. The quantitative estimate of drug-likeness (QED) is 0.467. The van der Waals surface area contributed by atoms with Crippen LogP contribution < -0.4 is 5.73 Å². The minimum absolute atomic E-state index is 0.116. The Kier molecular flexibility index (Phi) is 5.38. The number of allylic oxidation sites excluding steroid dienone is 1. The molecule has 2 heterocycles. The van der Waals surface area contributed by atoms with E-state index in [2.05, 4.69) is 9.80 Å². The Morgan fingerprint density at radius 3 is 2.46 bits per heavy atom. The first kappa shape index (κ1) is 19.0. The number of piperazine rings is 1. The summed E-state index contributed by atoms with van der Waals surface area (Å²) in [6.45, 7) is 2.61. The van der Waals surface area contributed by atoms with Crippen molar-refractivity contribution < 1.29 is 9.18 Å². The zero-order chi connectivity index (χ0) is 19.7. The van der Waals surface area contributed by atoms with Gasteiger partial charge in [0, 0.05) is 60.3 Å². The number of benzene rings is 2. The van der Waals surface area contributed by atoms with Crippen LogP contribution in [0.25, 0.3) is 0 Å². The second-order valence-corrected chi connectivity index (χ2v) is 7.99. The molecule has 4 nitrogen and oxygen atoms in total. The van der Waals surface area contributed by atoms with Crippen molar-refractivity contribution in [3.05, 3.63) is 76.7 Å². The number of nitrogens with two attached hydrogens (primary N) is 1. The number of anilines is 1. The molecule has 2 aromatic carbocycles. The number of nitrogens with zero attached hydrogens (tertiary/aromatic N) is 2. The van der Waals surface area contributed by atoms with Crippen molar-refractivity contribution in [2.24, 2.45) is 0 Å². The molecule has 4 rings (SSSR count). The number of hydrogen-bond donors (Lipinski definition) is 1. The Morgan fingerprint density at radius 1 is 1.14 bits per heavy atom. The molecule has 0 saturated carbocycles. The van der Waals surface area contributed by atoms with Gasteiger partial charge < -0.3 is 10.6 Å². The number of halogens is 2. The highest BCUT2D eigenvalue weighted by molar-refractivity contribution is 6.31. The normalized spacial score (nSPS) is 22.1. The van der Waals surface area contributed by atoms with Crippen molar-refractivity contribution in [1.82, 2.24) is 9.80 Å². The van der Waals surface area contributed by atoms with Gasteiger partial charge in [0.25, 0.3) is 0 Å². The highest BCUT2D eigenvalue weighted by Gasteiger charge is 2.38. The van der Waals surface area contributed by atoms with Crippen LogP contribution in [0.5, 0.6) is 0 Å². The van der Waals surface area contributed by atoms with Gasteiger partial charge in [-0.15, -0.1) is 0 Å².